The largest absolute Gasteiger partial charge is 0.444 e. The molecule has 1 aliphatic rings. The third kappa shape index (κ3) is 3.51. The Balaban J connectivity index is 2.33. The second-order valence-electron chi connectivity index (χ2n) is 4.57. The molecule has 5 nitrogen and oxygen atoms in total. The Morgan fingerprint density at radius 2 is 2.14 bits per heavy atom. The van der Waals surface area contributed by atoms with Gasteiger partial charge in [0.2, 0.25) is 0 Å². The number of carbonyl (C=O) groups excluding carboxylic acids is 1. The predicted molar refractivity (Wildman–Crippen MR) is 54.0 cm³/mol. The highest BCUT2D eigenvalue weighted by Crippen LogP contribution is 2.07. The van der Waals surface area contributed by atoms with Crippen molar-refractivity contribution in [2.75, 3.05) is 13.1 Å². The van der Waals surface area contributed by atoms with Gasteiger partial charge in [0.05, 0.1) is 6.04 Å². The van der Waals surface area contributed by atoms with E-state index < -0.39 is 11.7 Å². The van der Waals surface area contributed by atoms with Crippen LogP contribution in [0.15, 0.2) is 0 Å². The summed E-state index contributed by atoms with van der Waals surface area (Å²) >= 11 is 0. The number of carbonyl (C=O) groups is 1. The average Bonchev–Trinajstić information content (AvgIpc) is 2.32. The molecule has 14 heavy (non-hydrogen) atoms. The maximum absolute atomic E-state index is 11.3. The lowest BCUT2D eigenvalue weighted by Gasteiger charge is -2.22. The lowest BCUT2D eigenvalue weighted by atomic mass is 10.2. The monoisotopic (exact) mass is 201 g/mol. The highest BCUT2D eigenvalue weighted by atomic mass is 16.6. The quantitative estimate of drug-likeness (QED) is 0.549. The summed E-state index contributed by atoms with van der Waals surface area (Å²) in [5.74, 6) is 0. The van der Waals surface area contributed by atoms with Crippen molar-refractivity contribution in [3.8, 4) is 0 Å². The van der Waals surface area contributed by atoms with E-state index in [1.54, 1.807) is 0 Å². The second kappa shape index (κ2) is 4.14. The molecule has 1 heterocycles. The van der Waals surface area contributed by atoms with E-state index in [1.165, 1.54) is 0 Å². The van der Waals surface area contributed by atoms with Crippen molar-refractivity contribution in [1.29, 1.82) is 0 Å². The molecule has 0 saturated carbocycles. The van der Waals surface area contributed by atoms with Gasteiger partial charge in [0.25, 0.3) is 0 Å². The van der Waals surface area contributed by atoms with Crippen LogP contribution in [-0.4, -0.2) is 36.9 Å². The average molecular weight is 201 g/mol. The SMILES string of the molecule is CC(C)(C)OC(=O)NC1CNCC1N. The van der Waals surface area contributed by atoms with Gasteiger partial charge in [-0.25, -0.2) is 4.79 Å². The van der Waals surface area contributed by atoms with Crippen LogP contribution in [0.2, 0.25) is 0 Å². The van der Waals surface area contributed by atoms with Crippen LogP contribution in [-0.2, 0) is 4.74 Å². The molecule has 0 radical (unpaired) electrons. The molecule has 0 bridgehead atoms. The molecule has 1 saturated heterocycles. The van der Waals surface area contributed by atoms with E-state index >= 15 is 0 Å². The molecule has 5 heteroatoms. The lowest BCUT2D eigenvalue weighted by Crippen LogP contribution is -2.48. The van der Waals surface area contributed by atoms with Gasteiger partial charge < -0.3 is 21.1 Å². The molecular weight excluding hydrogens is 182 g/mol. The van der Waals surface area contributed by atoms with E-state index in [9.17, 15) is 4.79 Å². The summed E-state index contributed by atoms with van der Waals surface area (Å²) in [4.78, 5) is 11.3. The normalized spacial score (nSPS) is 27.4. The third-order valence-corrected chi connectivity index (χ3v) is 1.96. The van der Waals surface area contributed by atoms with Gasteiger partial charge in [-0.15, -0.1) is 0 Å². The first-order valence-electron chi connectivity index (χ1n) is 4.84. The standard InChI is InChI=1S/C9H19N3O2/c1-9(2,3)14-8(13)12-7-5-11-4-6(7)10/h6-7,11H,4-5,10H2,1-3H3,(H,12,13). The summed E-state index contributed by atoms with van der Waals surface area (Å²) in [6.07, 6.45) is -0.401. The van der Waals surface area contributed by atoms with E-state index in [2.05, 4.69) is 10.6 Å². The highest BCUT2D eigenvalue weighted by molar-refractivity contribution is 5.68. The van der Waals surface area contributed by atoms with Gasteiger partial charge in [-0.2, -0.15) is 0 Å². The smallest absolute Gasteiger partial charge is 0.407 e. The van der Waals surface area contributed by atoms with Crippen molar-refractivity contribution >= 4 is 6.09 Å². The van der Waals surface area contributed by atoms with Crippen molar-refractivity contribution in [3.63, 3.8) is 0 Å². The fourth-order valence-electron chi connectivity index (χ4n) is 1.32. The summed E-state index contributed by atoms with van der Waals surface area (Å²) in [7, 11) is 0. The minimum absolute atomic E-state index is 0.0233. The summed E-state index contributed by atoms with van der Waals surface area (Å²) in [5.41, 5.74) is 5.30. The van der Waals surface area contributed by atoms with Crippen molar-refractivity contribution < 1.29 is 9.53 Å². The minimum Gasteiger partial charge on any atom is -0.444 e. The van der Waals surface area contributed by atoms with Crippen LogP contribution in [0.25, 0.3) is 0 Å². The first-order chi connectivity index (χ1) is 6.38. The first kappa shape index (κ1) is 11.3. The van der Waals surface area contributed by atoms with E-state index in [4.69, 9.17) is 10.5 Å². The number of rotatable bonds is 1. The van der Waals surface area contributed by atoms with Gasteiger partial charge in [-0.3, -0.25) is 0 Å². The van der Waals surface area contributed by atoms with Crippen LogP contribution >= 0.6 is 0 Å². The molecule has 0 spiro atoms. The van der Waals surface area contributed by atoms with Crippen molar-refractivity contribution in [2.24, 2.45) is 5.73 Å². The van der Waals surface area contributed by atoms with Crippen molar-refractivity contribution in [2.45, 2.75) is 38.5 Å². The third-order valence-electron chi connectivity index (χ3n) is 1.96. The molecule has 82 valence electrons. The van der Waals surface area contributed by atoms with Crippen molar-refractivity contribution in [3.05, 3.63) is 0 Å². The van der Waals surface area contributed by atoms with Crippen LogP contribution < -0.4 is 16.4 Å². The highest BCUT2D eigenvalue weighted by Gasteiger charge is 2.26. The molecule has 0 aromatic carbocycles. The zero-order valence-electron chi connectivity index (χ0n) is 8.96. The van der Waals surface area contributed by atoms with Gasteiger partial charge in [0.1, 0.15) is 5.60 Å². The Hall–Kier alpha value is -0.810. The Kier molecular flexibility index (Phi) is 3.34. The Morgan fingerprint density at radius 1 is 1.50 bits per heavy atom. The Labute approximate surface area is 84.4 Å². The molecule has 0 aliphatic carbocycles. The maximum Gasteiger partial charge on any atom is 0.407 e. The molecule has 4 N–H and O–H groups in total. The molecule has 1 aliphatic heterocycles. The van der Waals surface area contributed by atoms with Gasteiger partial charge in [0, 0.05) is 19.1 Å². The topological polar surface area (TPSA) is 76.4 Å². The number of alkyl carbamates (subject to hydrolysis) is 1. The van der Waals surface area contributed by atoms with Crippen LogP contribution in [0.3, 0.4) is 0 Å². The van der Waals surface area contributed by atoms with Gasteiger partial charge in [-0.05, 0) is 20.8 Å². The first-order valence-corrected chi connectivity index (χ1v) is 4.84. The predicted octanol–water partition coefficient (Wildman–Crippen LogP) is -0.190. The number of hydrogen-bond donors (Lipinski definition) is 3. The maximum atomic E-state index is 11.3. The summed E-state index contributed by atoms with van der Waals surface area (Å²) in [6, 6.07) is -0.0487. The zero-order valence-corrected chi connectivity index (χ0v) is 8.96. The number of nitrogens with one attached hydrogen (secondary N) is 2. The minimum atomic E-state index is -0.458. The molecule has 1 rings (SSSR count). The molecule has 1 fully saturated rings. The van der Waals surface area contributed by atoms with Gasteiger partial charge in [-0.1, -0.05) is 0 Å². The van der Waals surface area contributed by atoms with Crippen LogP contribution in [0.1, 0.15) is 20.8 Å². The number of amides is 1. The number of hydrogen-bond acceptors (Lipinski definition) is 4. The number of nitrogens with two attached hydrogens (primary N) is 1. The number of ether oxygens (including phenoxy) is 1. The van der Waals surface area contributed by atoms with Crippen molar-refractivity contribution in [1.82, 2.24) is 10.6 Å². The molecule has 2 atom stereocenters. The zero-order chi connectivity index (χ0) is 10.8. The van der Waals surface area contributed by atoms with E-state index in [0.29, 0.717) is 6.54 Å². The molecular formula is C9H19N3O2. The van der Waals surface area contributed by atoms with Crippen LogP contribution in [0.4, 0.5) is 4.79 Å². The van der Waals surface area contributed by atoms with E-state index in [-0.39, 0.29) is 12.1 Å². The van der Waals surface area contributed by atoms with E-state index in [0.717, 1.165) is 6.54 Å². The fraction of sp³-hybridized carbons (Fsp3) is 0.889. The fourth-order valence-corrected chi connectivity index (χ4v) is 1.32. The molecule has 1 amide bonds. The summed E-state index contributed by atoms with van der Waals surface area (Å²) in [6.45, 7) is 6.94. The Morgan fingerprint density at radius 3 is 2.57 bits per heavy atom. The molecule has 0 aromatic rings. The molecule has 0 aromatic heterocycles. The summed E-state index contributed by atoms with van der Waals surface area (Å²) in [5, 5.41) is 5.83. The van der Waals surface area contributed by atoms with Gasteiger partial charge >= 0.3 is 6.09 Å². The molecule has 2 unspecified atom stereocenters. The summed E-state index contributed by atoms with van der Waals surface area (Å²) < 4.78 is 5.11. The van der Waals surface area contributed by atoms with Crippen LogP contribution in [0.5, 0.6) is 0 Å². The Bertz CT molecular complexity index is 213. The lowest BCUT2D eigenvalue weighted by molar-refractivity contribution is 0.0505. The van der Waals surface area contributed by atoms with Crippen LogP contribution in [0, 0.1) is 0 Å². The van der Waals surface area contributed by atoms with Gasteiger partial charge in [0.15, 0.2) is 0 Å². The van der Waals surface area contributed by atoms with E-state index in [1.807, 2.05) is 20.8 Å². The second-order valence-corrected chi connectivity index (χ2v) is 4.57.